The molecule has 0 saturated carbocycles. The maximum Gasteiger partial charge on any atom is 0.265 e. The summed E-state index contributed by atoms with van der Waals surface area (Å²) in [5.74, 6) is -5.20. The summed E-state index contributed by atoms with van der Waals surface area (Å²) in [6.07, 6.45) is 0.842. The highest BCUT2D eigenvalue weighted by molar-refractivity contribution is 6.24. The minimum absolute atomic E-state index is 0.0462. The monoisotopic (exact) mass is 390 g/mol. The molecule has 6 rings (SSSR count). The van der Waals surface area contributed by atoms with Crippen LogP contribution in [0.3, 0.4) is 0 Å². The molecule has 5 aliphatic heterocycles. The molecule has 10 heteroatoms. The Hall–Kier alpha value is -2.88. The first-order chi connectivity index (χ1) is 13.3. The van der Waals surface area contributed by atoms with Crippen LogP contribution >= 0.6 is 0 Å². The van der Waals surface area contributed by atoms with E-state index in [1.807, 2.05) is 0 Å². The number of carbonyl (C=O) groups excluding carboxylic acids is 4. The Labute approximate surface area is 157 Å². The molecule has 2 bridgehead atoms. The molecule has 8 nitrogen and oxygen atoms in total. The van der Waals surface area contributed by atoms with Crippen LogP contribution in [0.25, 0.3) is 0 Å². The minimum Gasteiger partial charge on any atom is -0.364 e. The van der Waals surface area contributed by atoms with Gasteiger partial charge in [0.05, 0.1) is 11.1 Å². The van der Waals surface area contributed by atoms with Crippen LogP contribution in [0, 0.1) is 11.6 Å². The first-order valence-corrected chi connectivity index (χ1v) is 9.09. The fraction of sp³-hybridized carbons (Fsp3) is 0.444. The number of imide groups is 2. The van der Waals surface area contributed by atoms with Gasteiger partial charge in [0.15, 0.2) is 5.82 Å². The molecule has 4 saturated heterocycles. The van der Waals surface area contributed by atoms with Crippen molar-refractivity contribution < 1.29 is 28.0 Å². The van der Waals surface area contributed by atoms with Gasteiger partial charge in [0.1, 0.15) is 17.5 Å². The summed E-state index contributed by atoms with van der Waals surface area (Å²) in [5, 5.41) is 5.32. The van der Waals surface area contributed by atoms with E-state index in [2.05, 4.69) is 10.6 Å². The summed E-state index contributed by atoms with van der Waals surface area (Å²) in [5.41, 5.74) is -1.23. The smallest absolute Gasteiger partial charge is 0.265 e. The van der Waals surface area contributed by atoms with Crippen LogP contribution in [0.2, 0.25) is 0 Å². The van der Waals surface area contributed by atoms with Gasteiger partial charge in [-0.2, -0.15) is 0 Å². The minimum atomic E-state index is -1.22. The second-order valence-electron chi connectivity index (χ2n) is 7.59. The average Bonchev–Trinajstić information content (AvgIpc) is 2.86. The zero-order valence-electron chi connectivity index (χ0n) is 14.6. The van der Waals surface area contributed by atoms with Crippen molar-refractivity contribution in [1.82, 2.24) is 15.5 Å². The molecule has 3 unspecified atom stereocenters. The molecule has 4 amide bonds. The highest BCUT2D eigenvalue weighted by Crippen LogP contribution is 2.37. The molecular weight excluding hydrogens is 374 g/mol. The molecule has 3 atom stereocenters. The zero-order valence-corrected chi connectivity index (χ0v) is 14.6. The number of halogens is 2. The van der Waals surface area contributed by atoms with E-state index >= 15 is 4.39 Å². The Morgan fingerprint density at radius 3 is 2.36 bits per heavy atom. The predicted octanol–water partition coefficient (Wildman–Crippen LogP) is -0.0835. The van der Waals surface area contributed by atoms with Gasteiger partial charge in [0, 0.05) is 31.6 Å². The maximum atomic E-state index is 15.2. The zero-order chi connectivity index (χ0) is 19.7. The summed E-state index contributed by atoms with van der Waals surface area (Å²) >= 11 is 0. The van der Waals surface area contributed by atoms with E-state index in [1.54, 1.807) is 4.90 Å². The molecule has 4 fully saturated rings. The highest BCUT2D eigenvalue weighted by atomic mass is 19.1. The van der Waals surface area contributed by atoms with Crippen molar-refractivity contribution in [3.8, 4) is 0 Å². The predicted molar refractivity (Wildman–Crippen MR) is 90.6 cm³/mol. The van der Waals surface area contributed by atoms with Crippen LogP contribution in [0.15, 0.2) is 6.07 Å². The van der Waals surface area contributed by atoms with Crippen molar-refractivity contribution in [2.75, 3.05) is 18.0 Å². The summed E-state index contributed by atoms with van der Waals surface area (Å²) in [6, 6.07) is -0.0675. The molecule has 0 aliphatic carbocycles. The van der Waals surface area contributed by atoms with Gasteiger partial charge in [0.25, 0.3) is 11.8 Å². The van der Waals surface area contributed by atoms with E-state index in [0.717, 1.165) is 12.5 Å². The third kappa shape index (κ3) is 2.30. The fourth-order valence-corrected chi connectivity index (χ4v) is 4.53. The second kappa shape index (κ2) is 5.81. The number of hydrogen-bond acceptors (Lipinski definition) is 6. The molecule has 0 aromatic heterocycles. The third-order valence-electron chi connectivity index (χ3n) is 5.84. The van der Waals surface area contributed by atoms with Gasteiger partial charge >= 0.3 is 0 Å². The van der Waals surface area contributed by atoms with Gasteiger partial charge in [-0.15, -0.1) is 0 Å². The Morgan fingerprint density at radius 1 is 1.04 bits per heavy atom. The molecule has 28 heavy (non-hydrogen) atoms. The van der Waals surface area contributed by atoms with Crippen LogP contribution in [0.5, 0.6) is 0 Å². The fourth-order valence-electron chi connectivity index (χ4n) is 4.53. The van der Waals surface area contributed by atoms with E-state index in [9.17, 15) is 23.6 Å². The van der Waals surface area contributed by atoms with Gasteiger partial charge in [-0.1, -0.05) is 0 Å². The molecular formula is C18H16F2N4O4. The second-order valence-corrected chi connectivity index (χ2v) is 7.59. The summed E-state index contributed by atoms with van der Waals surface area (Å²) < 4.78 is 29.9. The standard InChI is InChI=1S/C18H16F2N4O4/c19-10-4-9-13(14(20)15(10)23-5-7-3-8(6-23)21-7)18(28)24(17(9)27)11-1-2-12(25)22-16(11)26/h4,7-8,11,21H,1-3,5-6H2,(H,22,25,26). The number of nitrogens with one attached hydrogen (secondary N) is 2. The molecule has 0 radical (unpaired) electrons. The van der Waals surface area contributed by atoms with Crippen LogP contribution in [0.4, 0.5) is 14.5 Å². The lowest BCUT2D eigenvalue weighted by atomic mass is 9.90. The number of piperazine rings is 1. The number of piperidine rings is 2. The summed E-state index contributed by atoms with van der Waals surface area (Å²) in [6.45, 7) is 0.810. The molecule has 146 valence electrons. The Morgan fingerprint density at radius 2 is 1.71 bits per heavy atom. The lowest BCUT2D eigenvalue weighted by molar-refractivity contribution is -0.136. The normalized spacial score (nSPS) is 29.0. The Kier molecular flexibility index (Phi) is 3.57. The topological polar surface area (TPSA) is 98.8 Å². The van der Waals surface area contributed by atoms with E-state index in [4.69, 9.17) is 0 Å². The Bertz CT molecular complexity index is 949. The number of benzene rings is 1. The van der Waals surface area contributed by atoms with E-state index in [-0.39, 0.29) is 30.6 Å². The van der Waals surface area contributed by atoms with E-state index in [0.29, 0.717) is 18.0 Å². The lowest BCUT2D eigenvalue weighted by Gasteiger charge is -2.49. The van der Waals surface area contributed by atoms with Crippen molar-refractivity contribution in [2.45, 2.75) is 37.4 Å². The third-order valence-corrected chi connectivity index (χ3v) is 5.84. The van der Waals surface area contributed by atoms with E-state index in [1.165, 1.54) is 0 Å². The van der Waals surface area contributed by atoms with E-state index < -0.39 is 52.4 Å². The SMILES string of the molecule is O=C1CCC(N2C(=O)c3cc(F)c(N4CC5CC(C4)N5)c(F)c3C2=O)C(=O)N1. The average molecular weight is 390 g/mol. The van der Waals surface area contributed by atoms with Crippen molar-refractivity contribution in [3.05, 3.63) is 28.8 Å². The van der Waals surface area contributed by atoms with Crippen molar-refractivity contribution >= 4 is 29.3 Å². The van der Waals surface area contributed by atoms with Gasteiger partial charge < -0.3 is 10.2 Å². The molecule has 5 aliphatic rings. The Balaban J connectivity index is 1.53. The van der Waals surface area contributed by atoms with Gasteiger partial charge in [0.2, 0.25) is 11.8 Å². The number of rotatable bonds is 2. The maximum absolute atomic E-state index is 15.2. The lowest BCUT2D eigenvalue weighted by Crippen LogP contribution is -2.67. The van der Waals surface area contributed by atoms with Crippen molar-refractivity contribution in [3.63, 3.8) is 0 Å². The van der Waals surface area contributed by atoms with Crippen LogP contribution < -0.4 is 15.5 Å². The summed E-state index contributed by atoms with van der Waals surface area (Å²) in [4.78, 5) is 51.1. The largest absolute Gasteiger partial charge is 0.364 e. The molecule has 1 aromatic carbocycles. The summed E-state index contributed by atoms with van der Waals surface area (Å²) in [7, 11) is 0. The van der Waals surface area contributed by atoms with Crippen molar-refractivity contribution in [1.29, 1.82) is 0 Å². The van der Waals surface area contributed by atoms with Gasteiger partial charge in [-0.25, -0.2) is 8.78 Å². The number of fused-ring (bicyclic) bond motifs is 3. The molecule has 5 heterocycles. The van der Waals surface area contributed by atoms with Crippen molar-refractivity contribution in [2.24, 2.45) is 0 Å². The van der Waals surface area contributed by atoms with Crippen LogP contribution in [-0.4, -0.2) is 59.7 Å². The number of hydrogen-bond donors (Lipinski definition) is 2. The number of nitrogens with zero attached hydrogens (tertiary/aromatic N) is 2. The first-order valence-electron chi connectivity index (χ1n) is 9.09. The van der Waals surface area contributed by atoms with Gasteiger partial charge in [-0.3, -0.25) is 29.4 Å². The number of carbonyl (C=O) groups is 4. The van der Waals surface area contributed by atoms with Gasteiger partial charge in [-0.05, 0) is 18.9 Å². The highest BCUT2D eigenvalue weighted by Gasteiger charge is 2.48. The van der Waals surface area contributed by atoms with Crippen LogP contribution in [-0.2, 0) is 9.59 Å². The number of amides is 4. The molecule has 0 spiro atoms. The molecule has 2 N–H and O–H groups in total. The molecule has 1 aromatic rings. The van der Waals surface area contributed by atoms with Crippen LogP contribution in [0.1, 0.15) is 40.0 Å². The number of anilines is 1. The quantitative estimate of drug-likeness (QED) is 0.686. The first kappa shape index (κ1) is 17.2.